The molecule has 2 heterocycles. The van der Waals surface area contributed by atoms with Gasteiger partial charge in [-0.15, -0.1) is 6.42 Å². The highest BCUT2D eigenvalue weighted by molar-refractivity contribution is 8.15. The Bertz CT molecular complexity index is 1200. The number of amidine groups is 1. The van der Waals surface area contributed by atoms with Gasteiger partial charge < -0.3 is 16.4 Å². The van der Waals surface area contributed by atoms with Gasteiger partial charge in [0.15, 0.2) is 5.17 Å². The third kappa shape index (κ3) is 5.57. The zero-order chi connectivity index (χ0) is 25.3. The molecule has 7 nitrogen and oxygen atoms in total. The Hall–Kier alpha value is -3.38. The van der Waals surface area contributed by atoms with Crippen LogP contribution in [0.1, 0.15) is 62.7 Å². The largest absolute Gasteiger partial charge is 0.378 e. The number of amides is 2. The molecule has 0 bridgehead atoms. The van der Waals surface area contributed by atoms with Crippen molar-refractivity contribution in [3.8, 4) is 12.3 Å². The number of thioether (sulfide) groups is 1. The zero-order valence-corrected chi connectivity index (χ0v) is 20.6. The van der Waals surface area contributed by atoms with E-state index in [4.69, 9.17) is 12.2 Å². The van der Waals surface area contributed by atoms with E-state index >= 15 is 4.39 Å². The number of aromatic nitrogens is 1. The lowest BCUT2D eigenvalue weighted by atomic mass is 9.82. The Balaban J connectivity index is 1.91. The van der Waals surface area contributed by atoms with Crippen LogP contribution in [0.5, 0.6) is 0 Å². The van der Waals surface area contributed by atoms with Crippen LogP contribution in [0.25, 0.3) is 0 Å². The first kappa shape index (κ1) is 25.2. The molecule has 2 atom stereocenters. The fraction of sp³-hybridized carbons (Fsp3) is 0.360. The summed E-state index contributed by atoms with van der Waals surface area (Å²) in [5.41, 5.74) is 5.84. The normalized spacial score (nSPS) is 22.3. The average molecular weight is 482 g/mol. The van der Waals surface area contributed by atoms with Crippen molar-refractivity contribution in [3.63, 3.8) is 0 Å². The minimum atomic E-state index is -1.13. The van der Waals surface area contributed by atoms with Gasteiger partial charge in [0.1, 0.15) is 16.3 Å². The summed E-state index contributed by atoms with van der Waals surface area (Å²) in [6, 6.07) is 7.34. The van der Waals surface area contributed by atoms with Crippen LogP contribution < -0.4 is 16.4 Å². The van der Waals surface area contributed by atoms with Crippen molar-refractivity contribution < 1.29 is 14.0 Å². The summed E-state index contributed by atoms with van der Waals surface area (Å²) >= 11 is 1.16. The van der Waals surface area contributed by atoms with Crippen molar-refractivity contribution in [3.05, 3.63) is 59.2 Å². The van der Waals surface area contributed by atoms with Crippen LogP contribution in [0, 0.1) is 18.2 Å². The van der Waals surface area contributed by atoms with Gasteiger partial charge in [-0.05, 0) is 65.0 Å². The van der Waals surface area contributed by atoms with Crippen molar-refractivity contribution >= 4 is 34.4 Å². The number of nitrogens with zero attached hydrogens (tertiary/aromatic N) is 2. The molecular formula is C25H28FN5O2S. The number of halogens is 1. The number of carbonyl (C=O) groups excluding carboxylic acids is 2. The molecule has 1 aromatic carbocycles. The number of hydrogen-bond acceptors (Lipinski definition) is 6. The first-order valence-electron chi connectivity index (χ1n) is 10.7. The molecule has 0 spiro atoms. The maximum absolute atomic E-state index is 15.0. The van der Waals surface area contributed by atoms with E-state index in [1.807, 2.05) is 20.8 Å². The molecule has 0 saturated heterocycles. The summed E-state index contributed by atoms with van der Waals surface area (Å²) in [4.78, 5) is 34.3. The summed E-state index contributed by atoms with van der Waals surface area (Å²) in [6.45, 7) is 9.16. The highest BCUT2D eigenvalue weighted by Crippen LogP contribution is 2.46. The Kier molecular flexibility index (Phi) is 6.76. The van der Waals surface area contributed by atoms with Crippen LogP contribution in [0.15, 0.2) is 41.5 Å². The Morgan fingerprint density at radius 1 is 1.24 bits per heavy atom. The van der Waals surface area contributed by atoms with Gasteiger partial charge in [-0.3, -0.25) is 14.6 Å². The third-order valence-corrected chi connectivity index (χ3v) is 6.39. The summed E-state index contributed by atoms with van der Waals surface area (Å²) < 4.78 is 14.1. The average Bonchev–Trinajstić information content (AvgIpc) is 2.73. The van der Waals surface area contributed by atoms with Gasteiger partial charge in [0.25, 0.3) is 5.91 Å². The summed E-state index contributed by atoms with van der Waals surface area (Å²) in [6.07, 6.45) is 6.95. The van der Waals surface area contributed by atoms with E-state index in [9.17, 15) is 9.59 Å². The van der Waals surface area contributed by atoms with Crippen LogP contribution in [0.2, 0.25) is 0 Å². The number of aliphatic imine (C=N–C) groups is 1. The van der Waals surface area contributed by atoms with Crippen LogP contribution in [0.4, 0.5) is 10.1 Å². The number of nitrogens with two attached hydrogens (primary N) is 1. The molecule has 34 heavy (non-hydrogen) atoms. The molecule has 178 valence electrons. The van der Waals surface area contributed by atoms with E-state index < -0.39 is 27.5 Å². The van der Waals surface area contributed by atoms with E-state index in [1.54, 1.807) is 19.9 Å². The first-order chi connectivity index (χ1) is 15.7. The number of carbonyl (C=O) groups is 2. The van der Waals surface area contributed by atoms with Crippen molar-refractivity contribution in [1.29, 1.82) is 0 Å². The van der Waals surface area contributed by atoms with E-state index in [0.29, 0.717) is 11.3 Å². The summed E-state index contributed by atoms with van der Waals surface area (Å²) in [7, 11) is 0. The number of nitrogens with one attached hydrogen (secondary N) is 2. The van der Waals surface area contributed by atoms with Gasteiger partial charge in [-0.2, -0.15) is 0 Å². The minimum Gasteiger partial charge on any atom is -0.378 e. The number of hydrogen-bond donors (Lipinski definition) is 3. The monoisotopic (exact) mass is 481 g/mol. The second-order valence-corrected chi connectivity index (χ2v) is 11.2. The molecule has 1 aliphatic heterocycles. The lowest BCUT2D eigenvalue weighted by molar-refractivity contribution is -0.125. The molecule has 9 heteroatoms. The molecule has 2 amide bonds. The number of rotatable bonds is 4. The molecule has 2 aromatic rings. The predicted octanol–water partition coefficient (Wildman–Crippen LogP) is 3.79. The molecule has 0 fully saturated rings. The lowest BCUT2D eigenvalue weighted by Crippen LogP contribution is -2.54. The summed E-state index contributed by atoms with van der Waals surface area (Å²) in [5, 5.41) is 5.89. The second kappa shape index (κ2) is 9.11. The first-order valence-corrected chi connectivity index (χ1v) is 11.5. The zero-order valence-electron chi connectivity index (χ0n) is 19.8. The van der Waals surface area contributed by atoms with E-state index in [1.165, 1.54) is 30.5 Å². The smallest absolute Gasteiger partial charge is 0.274 e. The number of anilines is 1. The predicted molar refractivity (Wildman–Crippen MR) is 134 cm³/mol. The molecule has 0 unspecified atom stereocenters. The number of terminal acetylenes is 1. The highest BCUT2D eigenvalue weighted by atomic mass is 32.2. The van der Waals surface area contributed by atoms with Crippen molar-refractivity contribution in [2.45, 2.75) is 56.9 Å². The van der Waals surface area contributed by atoms with Crippen LogP contribution >= 0.6 is 11.8 Å². The van der Waals surface area contributed by atoms with Gasteiger partial charge in [0, 0.05) is 35.0 Å². The number of pyridine rings is 1. The SMILES string of the molecule is C#Cc1ccc(C(=O)Nc2ccc(F)c([C@]3(C)C[C@](C)(C(=O)NC(C)(C)C)SC(N)=N3)c2)nc1. The van der Waals surface area contributed by atoms with Crippen LogP contribution in [-0.4, -0.2) is 32.3 Å². The van der Waals surface area contributed by atoms with E-state index in [-0.39, 0.29) is 28.8 Å². The maximum atomic E-state index is 15.0. The molecule has 1 aliphatic rings. The second-order valence-electron chi connectivity index (χ2n) is 9.66. The standard InChI is InChI=1S/C25H28FN5O2S/c1-7-15-8-11-19(28-13-15)20(32)29-16-9-10-18(26)17(12-16)24(5)14-25(6,34-22(27)31-24)21(33)30-23(2,3)4/h1,8-13H,14H2,2-6H3,(H2,27,31)(H,29,32)(H,30,33)/t24-,25+/m0/s1. The molecule has 0 aliphatic carbocycles. The minimum absolute atomic E-state index is 0.166. The third-order valence-electron chi connectivity index (χ3n) is 5.30. The number of benzene rings is 1. The van der Waals surface area contributed by atoms with Crippen LogP contribution in [-0.2, 0) is 10.3 Å². The highest BCUT2D eigenvalue weighted by Gasteiger charge is 2.48. The fourth-order valence-electron chi connectivity index (χ4n) is 3.81. The van der Waals surface area contributed by atoms with Gasteiger partial charge in [-0.25, -0.2) is 9.37 Å². The molecule has 3 rings (SSSR count). The van der Waals surface area contributed by atoms with Crippen molar-refractivity contribution in [1.82, 2.24) is 10.3 Å². The Labute approximate surface area is 203 Å². The molecule has 4 N–H and O–H groups in total. The van der Waals surface area contributed by atoms with E-state index in [2.05, 4.69) is 26.5 Å². The molecule has 0 radical (unpaired) electrons. The Morgan fingerprint density at radius 2 is 1.94 bits per heavy atom. The molecule has 1 aromatic heterocycles. The Morgan fingerprint density at radius 3 is 2.53 bits per heavy atom. The maximum Gasteiger partial charge on any atom is 0.274 e. The summed E-state index contributed by atoms with van der Waals surface area (Å²) in [5.74, 6) is 1.25. The van der Waals surface area contributed by atoms with Crippen molar-refractivity contribution in [2.75, 3.05) is 5.32 Å². The van der Waals surface area contributed by atoms with Crippen molar-refractivity contribution in [2.24, 2.45) is 10.7 Å². The molecule has 0 saturated carbocycles. The van der Waals surface area contributed by atoms with Gasteiger partial charge in [0.2, 0.25) is 5.91 Å². The van der Waals surface area contributed by atoms with Gasteiger partial charge in [-0.1, -0.05) is 17.7 Å². The topological polar surface area (TPSA) is 109 Å². The molecular weight excluding hydrogens is 453 g/mol. The van der Waals surface area contributed by atoms with Gasteiger partial charge in [0.05, 0.1) is 5.54 Å². The van der Waals surface area contributed by atoms with Crippen LogP contribution in [0.3, 0.4) is 0 Å². The van der Waals surface area contributed by atoms with E-state index in [0.717, 1.165) is 11.8 Å². The fourth-order valence-corrected chi connectivity index (χ4v) is 5.01. The lowest BCUT2D eigenvalue weighted by Gasteiger charge is -2.41. The van der Waals surface area contributed by atoms with Gasteiger partial charge >= 0.3 is 0 Å². The quantitative estimate of drug-likeness (QED) is 0.576.